The first kappa shape index (κ1) is 18.6. The van der Waals surface area contributed by atoms with Gasteiger partial charge in [0.05, 0.1) is 5.57 Å². The molecule has 0 aromatic heterocycles. The number of Topliss-reactive ketones (excluding diaryl/α,β-unsaturated/α-hetero) is 1. The van der Waals surface area contributed by atoms with Gasteiger partial charge in [-0.25, -0.2) is 17.9 Å². The molecule has 2 aromatic rings. The lowest BCUT2D eigenvalue weighted by molar-refractivity contribution is -0.125. The van der Waals surface area contributed by atoms with Gasteiger partial charge in [0, 0.05) is 16.1 Å². The Hall–Kier alpha value is -2.22. The van der Waals surface area contributed by atoms with Crippen molar-refractivity contribution >= 4 is 38.7 Å². The van der Waals surface area contributed by atoms with E-state index >= 15 is 0 Å². The lowest BCUT2D eigenvalue weighted by atomic mass is 9.92. The quantitative estimate of drug-likeness (QED) is 0.863. The van der Waals surface area contributed by atoms with Crippen LogP contribution in [0.4, 0.5) is 4.39 Å². The molecule has 0 spiro atoms. The Morgan fingerprint density at radius 3 is 2.38 bits per heavy atom. The van der Waals surface area contributed by atoms with Crippen molar-refractivity contribution in [1.82, 2.24) is 0 Å². The van der Waals surface area contributed by atoms with Crippen molar-refractivity contribution in [3.63, 3.8) is 0 Å². The monoisotopic (exact) mass is 395 g/mol. The number of nitrogens with two attached hydrogens (primary N) is 1. The summed E-state index contributed by atoms with van der Waals surface area (Å²) in [5.41, 5.74) is -0.290. The van der Waals surface area contributed by atoms with E-state index in [0.717, 1.165) is 12.1 Å². The molecule has 8 heteroatoms. The van der Waals surface area contributed by atoms with Gasteiger partial charge in [-0.3, -0.25) is 4.79 Å². The summed E-state index contributed by atoms with van der Waals surface area (Å²) in [6.45, 7) is 3.18. The molecule has 0 saturated carbocycles. The standard InChI is InChI=1S/C18H15ClFNO4S/c1-18(2)17(22)15(11-5-3-4-6-12(11)19)16(25-18)10-7-8-14(13(20)9-10)26(21,23)24/h3-9H,1-2H3,(H2,21,23,24). The minimum Gasteiger partial charge on any atom is -0.478 e. The Balaban J connectivity index is 2.25. The number of ketones is 1. The van der Waals surface area contributed by atoms with Crippen LogP contribution >= 0.6 is 11.6 Å². The number of benzene rings is 2. The summed E-state index contributed by atoms with van der Waals surface area (Å²) in [5.74, 6) is -1.21. The van der Waals surface area contributed by atoms with Gasteiger partial charge >= 0.3 is 0 Å². The zero-order chi connectivity index (χ0) is 19.3. The Bertz CT molecular complexity index is 1060. The molecule has 5 nitrogen and oxygen atoms in total. The van der Waals surface area contributed by atoms with Gasteiger partial charge < -0.3 is 4.74 Å². The highest BCUT2D eigenvalue weighted by Gasteiger charge is 2.43. The fraction of sp³-hybridized carbons (Fsp3) is 0.167. The van der Waals surface area contributed by atoms with Crippen LogP contribution in [0, 0.1) is 5.82 Å². The lowest BCUT2D eigenvalue weighted by Crippen LogP contribution is -2.29. The smallest absolute Gasteiger partial charge is 0.240 e. The molecule has 0 unspecified atom stereocenters. The van der Waals surface area contributed by atoms with E-state index in [1.807, 2.05) is 0 Å². The SMILES string of the molecule is CC1(C)OC(c2ccc(S(N)(=O)=O)c(F)c2)=C(c2ccccc2Cl)C1=O. The zero-order valence-electron chi connectivity index (χ0n) is 13.9. The van der Waals surface area contributed by atoms with E-state index in [9.17, 15) is 17.6 Å². The molecule has 2 aromatic carbocycles. The van der Waals surface area contributed by atoms with Gasteiger partial charge in [0.25, 0.3) is 0 Å². The molecular weight excluding hydrogens is 381 g/mol. The van der Waals surface area contributed by atoms with E-state index in [2.05, 4.69) is 0 Å². The average molecular weight is 396 g/mol. The summed E-state index contributed by atoms with van der Waals surface area (Å²) >= 11 is 6.22. The van der Waals surface area contributed by atoms with Crippen molar-refractivity contribution in [3.05, 3.63) is 64.4 Å². The van der Waals surface area contributed by atoms with Crippen LogP contribution in [0.15, 0.2) is 47.4 Å². The molecular formula is C18H15ClFNO4S. The molecule has 0 radical (unpaired) electrons. The summed E-state index contributed by atoms with van der Waals surface area (Å²) in [5, 5.41) is 5.33. The van der Waals surface area contributed by atoms with E-state index < -0.39 is 26.3 Å². The number of hydrogen-bond donors (Lipinski definition) is 1. The second-order valence-electron chi connectivity index (χ2n) is 6.32. The molecule has 0 saturated heterocycles. The van der Waals surface area contributed by atoms with Crippen molar-refractivity contribution in [3.8, 4) is 0 Å². The van der Waals surface area contributed by atoms with E-state index in [1.165, 1.54) is 6.07 Å². The van der Waals surface area contributed by atoms with Crippen LogP contribution in [-0.2, 0) is 19.6 Å². The van der Waals surface area contributed by atoms with Gasteiger partial charge in [-0.05, 0) is 38.1 Å². The summed E-state index contributed by atoms with van der Waals surface area (Å²) < 4.78 is 42.8. The van der Waals surface area contributed by atoms with Crippen LogP contribution in [0.2, 0.25) is 5.02 Å². The van der Waals surface area contributed by atoms with Crippen LogP contribution in [-0.4, -0.2) is 19.8 Å². The molecule has 2 N–H and O–H groups in total. The highest BCUT2D eigenvalue weighted by molar-refractivity contribution is 7.89. The summed E-state index contributed by atoms with van der Waals surface area (Å²) in [6, 6.07) is 10.1. The molecule has 136 valence electrons. The van der Waals surface area contributed by atoms with E-state index in [-0.39, 0.29) is 22.7 Å². The van der Waals surface area contributed by atoms with Gasteiger partial charge in [0.2, 0.25) is 15.8 Å². The zero-order valence-corrected chi connectivity index (χ0v) is 15.5. The molecule has 3 rings (SSSR count). The number of ether oxygens (including phenoxy) is 1. The number of primary sulfonamides is 1. The van der Waals surface area contributed by atoms with E-state index in [0.29, 0.717) is 10.6 Å². The number of carbonyl (C=O) groups is 1. The highest BCUT2D eigenvalue weighted by atomic mass is 35.5. The predicted octanol–water partition coefficient (Wildman–Crippen LogP) is 3.37. The number of hydrogen-bond acceptors (Lipinski definition) is 4. The first-order valence-corrected chi connectivity index (χ1v) is 9.50. The molecule has 26 heavy (non-hydrogen) atoms. The van der Waals surface area contributed by atoms with E-state index in [4.69, 9.17) is 21.5 Å². The predicted molar refractivity (Wildman–Crippen MR) is 96.2 cm³/mol. The number of rotatable bonds is 3. The molecule has 0 aliphatic carbocycles. The lowest BCUT2D eigenvalue weighted by Gasteiger charge is -2.18. The van der Waals surface area contributed by atoms with Gasteiger partial charge in [0.1, 0.15) is 16.5 Å². The van der Waals surface area contributed by atoms with Crippen molar-refractivity contribution in [2.75, 3.05) is 0 Å². The third kappa shape index (κ3) is 3.13. The molecule has 0 amide bonds. The van der Waals surface area contributed by atoms with Gasteiger partial charge in [-0.15, -0.1) is 0 Å². The topological polar surface area (TPSA) is 86.5 Å². The van der Waals surface area contributed by atoms with Crippen molar-refractivity contribution < 1.29 is 22.3 Å². The maximum atomic E-state index is 14.2. The number of halogens is 2. The van der Waals surface area contributed by atoms with Crippen LogP contribution < -0.4 is 5.14 Å². The van der Waals surface area contributed by atoms with Crippen molar-refractivity contribution in [2.24, 2.45) is 5.14 Å². The fourth-order valence-corrected chi connectivity index (χ4v) is 3.56. The second-order valence-corrected chi connectivity index (χ2v) is 8.25. The maximum Gasteiger partial charge on any atom is 0.240 e. The summed E-state index contributed by atoms with van der Waals surface area (Å²) in [7, 11) is -4.20. The molecule has 1 aliphatic rings. The van der Waals surface area contributed by atoms with Gasteiger partial charge in [-0.1, -0.05) is 29.8 Å². The summed E-state index contributed by atoms with van der Waals surface area (Å²) in [4.78, 5) is 12.2. The molecule has 0 bridgehead atoms. The number of sulfonamides is 1. The minimum absolute atomic E-state index is 0.132. The average Bonchev–Trinajstić information content (AvgIpc) is 2.77. The van der Waals surface area contributed by atoms with Crippen molar-refractivity contribution in [1.29, 1.82) is 0 Å². The highest BCUT2D eigenvalue weighted by Crippen LogP contribution is 2.43. The molecule has 0 atom stereocenters. The third-order valence-corrected chi connectivity index (χ3v) is 5.28. The largest absolute Gasteiger partial charge is 0.478 e. The van der Waals surface area contributed by atoms with Crippen LogP contribution in [0.3, 0.4) is 0 Å². The third-order valence-electron chi connectivity index (χ3n) is 4.00. The van der Waals surface area contributed by atoms with Gasteiger partial charge in [0.15, 0.2) is 5.60 Å². The van der Waals surface area contributed by atoms with Crippen molar-refractivity contribution in [2.45, 2.75) is 24.3 Å². The Kier molecular flexibility index (Phi) is 4.42. The normalized spacial score (nSPS) is 16.7. The second kappa shape index (κ2) is 6.19. The molecule has 1 aliphatic heterocycles. The van der Waals surface area contributed by atoms with Crippen LogP contribution in [0.1, 0.15) is 25.0 Å². The Morgan fingerprint density at radius 2 is 1.81 bits per heavy atom. The molecule has 1 heterocycles. The molecule has 0 fully saturated rings. The Morgan fingerprint density at radius 1 is 1.15 bits per heavy atom. The Labute approximate surface area is 155 Å². The first-order valence-electron chi connectivity index (χ1n) is 7.58. The minimum atomic E-state index is -4.20. The summed E-state index contributed by atoms with van der Waals surface area (Å²) in [6.07, 6.45) is 0. The van der Waals surface area contributed by atoms with Gasteiger partial charge in [-0.2, -0.15) is 0 Å². The van der Waals surface area contributed by atoms with Crippen LogP contribution in [0.25, 0.3) is 11.3 Å². The fourth-order valence-electron chi connectivity index (χ4n) is 2.74. The first-order chi connectivity index (χ1) is 12.0. The van der Waals surface area contributed by atoms with E-state index in [1.54, 1.807) is 38.1 Å². The maximum absolute atomic E-state index is 14.2. The number of carbonyl (C=O) groups excluding carboxylic acids is 1. The van der Waals surface area contributed by atoms with Crippen LogP contribution in [0.5, 0.6) is 0 Å².